The fourth-order valence-electron chi connectivity index (χ4n) is 1.97. The molecule has 3 nitrogen and oxygen atoms in total. The van der Waals surface area contributed by atoms with Gasteiger partial charge in [-0.15, -0.1) is 11.3 Å². The van der Waals surface area contributed by atoms with Crippen molar-refractivity contribution in [2.75, 3.05) is 25.0 Å². The van der Waals surface area contributed by atoms with Crippen LogP contribution < -0.4 is 0 Å². The maximum Gasteiger partial charge on any atom is 0.107 e. The van der Waals surface area contributed by atoms with E-state index in [1.165, 1.54) is 5.01 Å². The molecule has 0 atom stereocenters. The molecule has 0 amide bonds. The fraction of sp³-hybridized carbons (Fsp3) is 0.727. The molecule has 0 spiro atoms. The lowest BCUT2D eigenvalue weighted by molar-refractivity contribution is 0.0141. The summed E-state index contributed by atoms with van der Waals surface area (Å²) in [7, 11) is 0. The number of thiazole rings is 1. The minimum Gasteiger partial charge on any atom is -0.377 e. The van der Waals surface area contributed by atoms with Crippen LogP contribution in [0.15, 0.2) is 11.6 Å². The maximum absolute atomic E-state index is 5.73. The third-order valence-corrected chi connectivity index (χ3v) is 3.90. The quantitative estimate of drug-likeness (QED) is 0.782. The number of halogens is 1. The number of likely N-dealkylation sites (tertiary alicyclic amines) is 1. The third-order valence-electron chi connectivity index (χ3n) is 2.81. The van der Waals surface area contributed by atoms with E-state index in [0.29, 0.717) is 6.10 Å². The van der Waals surface area contributed by atoms with Gasteiger partial charge in [-0.1, -0.05) is 15.9 Å². The predicted molar refractivity (Wildman–Crippen MR) is 70.2 cm³/mol. The molecule has 1 aliphatic rings. The topological polar surface area (TPSA) is 25.4 Å². The van der Waals surface area contributed by atoms with E-state index < -0.39 is 0 Å². The van der Waals surface area contributed by atoms with E-state index >= 15 is 0 Å². The van der Waals surface area contributed by atoms with Crippen molar-refractivity contribution in [2.24, 2.45) is 0 Å². The summed E-state index contributed by atoms with van der Waals surface area (Å²) in [5, 5.41) is 4.20. The van der Waals surface area contributed by atoms with Gasteiger partial charge in [0.25, 0.3) is 0 Å². The number of rotatable bonds is 5. The first kappa shape index (κ1) is 12.5. The number of nitrogens with zero attached hydrogens (tertiary/aromatic N) is 2. The Morgan fingerprint density at radius 1 is 1.50 bits per heavy atom. The van der Waals surface area contributed by atoms with Crippen molar-refractivity contribution in [1.82, 2.24) is 9.88 Å². The Kier molecular flexibility index (Phi) is 5.22. The second kappa shape index (κ2) is 6.69. The fourth-order valence-corrected chi connectivity index (χ4v) is 2.81. The lowest BCUT2D eigenvalue weighted by Gasteiger charge is -2.31. The van der Waals surface area contributed by atoms with Crippen molar-refractivity contribution in [1.29, 1.82) is 0 Å². The smallest absolute Gasteiger partial charge is 0.107 e. The molecule has 1 saturated heterocycles. The van der Waals surface area contributed by atoms with E-state index in [4.69, 9.17) is 4.74 Å². The van der Waals surface area contributed by atoms with Crippen LogP contribution in [0.25, 0.3) is 0 Å². The second-order valence-corrected chi connectivity index (χ2v) is 5.73. The Balaban J connectivity index is 1.69. The lowest BCUT2D eigenvalue weighted by atomic mass is 10.1. The van der Waals surface area contributed by atoms with Crippen molar-refractivity contribution in [3.05, 3.63) is 16.6 Å². The molecule has 0 aromatic carbocycles. The Morgan fingerprint density at radius 2 is 2.31 bits per heavy atom. The summed E-state index contributed by atoms with van der Waals surface area (Å²) in [6.45, 7) is 4.10. The van der Waals surface area contributed by atoms with Gasteiger partial charge in [-0.2, -0.15) is 0 Å². The van der Waals surface area contributed by atoms with Gasteiger partial charge in [0.05, 0.1) is 19.3 Å². The highest BCUT2D eigenvalue weighted by molar-refractivity contribution is 9.09. The summed E-state index contributed by atoms with van der Waals surface area (Å²) in [4.78, 5) is 6.78. The molecule has 2 heterocycles. The molecule has 1 aromatic rings. The molecule has 0 N–H and O–H groups in total. The lowest BCUT2D eigenvalue weighted by Crippen LogP contribution is -2.36. The average Bonchev–Trinajstić information content (AvgIpc) is 2.81. The molecular weight excluding hydrogens is 288 g/mol. The molecule has 0 unspecified atom stereocenters. The van der Waals surface area contributed by atoms with Crippen molar-refractivity contribution in [3.63, 3.8) is 0 Å². The van der Waals surface area contributed by atoms with Crippen LogP contribution in [0.2, 0.25) is 0 Å². The Labute approximate surface area is 109 Å². The van der Waals surface area contributed by atoms with Crippen LogP contribution >= 0.6 is 27.3 Å². The van der Waals surface area contributed by atoms with Crippen molar-refractivity contribution in [2.45, 2.75) is 25.5 Å². The molecule has 5 heteroatoms. The zero-order valence-corrected chi connectivity index (χ0v) is 11.7. The summed E-state index contributed by atoms with van der Waals surface area (Å²) in [5.74, 6) is 0. The Morgan fingerprint density at radius 3 is 2.94 bits per heavy atom. The van der Waals surface area contributed by atoms with Gasteiger partial charge < -0.3 is 4.74 Å². The third kappa shape index (κ3) is 3.80. The molecule has 0 saturated carbocycles. The van der Waals surface area contributed by atoms with Crippen LogP contribution in [0.4, 0.5) is 0 Å². The average molecular weight is 305 g/mol. The largest absolute Gasteiger partial charge is 0.377 e. The van der Waals surface area contributed by atoms with Gasteiger partial charge in [0.15, 0.2) is 0 Å². The van der Waals surface area contributed by atoms with E-state index in [-0.39, 0.29) is 0 Å². The molecule has 0 bridgehead atoms. The zero-order chi connectivity index (χ0) is 11.2. The van der Waals surface area contributed by atoms with Crippen LogP contribution in [0.1, 0.15) is 17.8 Å². The minimum atomic E-state index is 0.463. The van der Waals surface area contributed by atoms with E-state index in [1.54, 1.807) is 11.3 Å². The first-order valence-corrected chi connectivity index (χ1v) is 7.67. The van der Waals surface area contributed by atoms with Crippen LogP contribution in [0, 0.1) is 0 Å². The zero-order valence-electron chi connectivity index (χ0n) is 9.27. The van der Waals surface area contributed by atoms with Crippen LogP contribution in [0.3, 0.4) is 0 Å². The summed E-state index contributed by atoms with van der Waals surface area (Å²) >= 11 is 5.13. The van der Waals surface area contributed by atoms with Gasteiger partial charge in [0.1, 0.15) is 5.01 Å². The van der Waals surface area contributed by atoms with E-state index in [2.05, 4.69) is 25.8 Å². The highest BCUT2D eigenvalue weighted by Gasteiger charge is 2.19. The van der Waals surface area contributed by atoms with Gasteiger partial charge in [0.2, 0.25) is 0 Å². The van der Waals surface area contributed by atoms with Gasteiger partial charge in [0, 0.05) is 30.0 Å². The molecule has 1 aliphatic heterocycles. The standard InChI is InChI=1S/C11H17BrN2OS/c12-3-7-15-10-1-5-14(6-2-10)9-11-13-4-8-16-11/h4,8,10H,1-3,5-7,9H2. The molecule has 0 radical (unpaired) electrons. The molecule has 90 valence electrons. The first-order valence-electron chi connectivity index (χ1n) is 5.67. The van der Waals surface area contributed by atoms with Crippen LogP contribution in [0.5, 0.6) is 0 Å². The van der Waals surface area contributed by atoms with E-state index in [0.717, 1.165) is 44.4 Å². The molecule has 2 rings (SSSR count). The number of alkyl halides is 1. The van der Waals surface area contributed by atoms with Crippen molar-refractivity contribution >= 4 is 27.3 Å². The highest BCUT2D eigenvalue weighted by atomic mass is 79.9. The molecule has 1 aromatic heterocycles. The number of aromatic nitrogens is 1. The summed E-state index contributed by atoms with van der Waals surface area (Å²) < 4.78 is 5.73. The number of piperidine rings is 1. The van der Waals surface area contributed by atoms with Gasteiger partial charge >= 0.3 is 0 Å². The molecule has 1 fully saturated rings. The molecule has 0 aliphatic carbocycles. The Bertz CT molecular complexity index is 286. The van der Waals surface area contributed by atoms with Crippen molar-refractivity contribution in [3.8, 4) is 0 Å². The molecular formula is C11H17BrN2OS. The van der Waals surface area contributed by atoms with E-state index in [9.17, 15) is 0 Å². The second-order valence-electron chi connectivity index (χ2n) is 3.96. The van der Waals surface area contributed by atoms with Gasteiger partial charge in [-0.05, 0) is 12.8 Å². The van der Waals surface area contributed by atoms with E-state index in [1.807, 2.05) is 11.6 Å². The number of ether oxygens (including phenoxy) is 1. The predicted octanol–water partition coefficient (Wildman–Crippen LogP) is 2.52. The van der Waals surface area contributed by atoms with Crippen molar-refractivity contribution < 1.29 is 4.74 Å². The number of hydrogen-bond acceptors (Lipinski definition) is 4. The summed E-state index contributed by atoms with van der Waals surface area (Å²) in [5.41, 5.74) is 0. The Hall–Kier alpha value is 0.0300. The summed E-state index contributed by atoms with van der Waals surface area (Å²) in [6.07, 6.45) is 4.65. The summed E-state index contributed by atoms with van der Waals surface area (Å²) in [6, 6.07) is 0. The monoisotopic (exact) mass is 304 g/mol. The normalized spacial score (nSPS) is 19.1. The SMILES string of the molecule is BrCCOC1CCN(Cc2nccs2)CC1. The van der Waals surface area contributed by atoms with Gasteiger partial charge in [-0.25, -0.2) is 4.98 Å². The van der Waals surface area contributed by atoms with Crippen LogP contribution in [-0.2, 0) is 11.3 Å². The van der Waals surface area contributed by atoms with Gasteiger partial charge in [-0.3, -0.25) is 4.90 Å². The van der Waals surface area contributed by atoms with Crippen LogP contribution in [-0.4, -0.2) is 41.0 Å². The highest BCUT2D eigenvalue weighted by Crippen LogP contribution is 2.17. The minimum absolute atomic E-state index is 0.463. The maximum atomic E-state index is 5.73. The molecule has 16 heavy (non-hydrogen) atoms. The number of hydrogen-bond donors (Lipinski definition) is 0. The first-order chi connectivity index (χ1) is 7.88.